The largest absolute Gasteiger partial charge is 0.317 e. The zero-order valence-corrected chi connectivity index (χ0v) is 13.4. The number of carbonyl (C=O) groups is 1. The van der Waals surface area contributed by atoms with Crippen LogP contribution in [0.25, 0.3) is 16.7 Å². The smallest absolute Gasteiger partial charge is 0.229 e. The van der Waals surface area contributed by atoms with E-state index < -0.39 is 0 Å². The molecule has 0 atom stereocenters. The van der Waals surface area contributed by atoms with E-state index in [1.807, 2.05) is 59.2 Å². The number of fused-ring (bicyclic) bond motifs is 1. The molecule has 0 unspecified atom stereocenters. The number of benzene rings is 2. The number of amides is 1. The zero-order chi connectivity index (χ0) is 16.4. The second-order valence-corrected chi connectivity index (χ2v) is 6.11. The van der Waals surface area contributed by atoms with Crippen molar-refractivity contribution in [3.8, 4) is 5.69 Å². The maximum Gasteiger partial charge on any atom is 0.229 e. The van der Waals surface area contributed by atoms with Crippen molar-refractivity contribution in [2.75, 3.05) is 18.4 Å². The number of hydrogen-bond acceptors (Lipinski definition) is 3. The highest BCUT2D eigenvalue weighted by atomic mass is 16.2. The first-order valence-corrected chi connectivity index (χ1v) is 8.37. The monoisotopic (exact) mass is 320 g/mol. The number of anilines is 1. The number of nitrogens with one attached hydrogen (secondary N) is 2. The van der Waals surface area contributed by atoms with E-state index in [9.17, 15) is 4.79 Å². The summed E-state index contributed by atoms with van der Waals surface area (Å²) in [5.41, 5.74) is 2.86. The second-order valence-electron chi connectivity index (χ2n) is 6.11. The van der Waals surface area contributed by atoms with Crippen molar-refractivity contribution in [3.63, 3.8) is 0 Å². The van der Waals surface area contributed by atoms with E-state index in [0.717, 1.165) is 42.7 Å². The topological polar surface area (TPSA) is 59.0 Å². The van der Waals surface area contributed by atoms with Crippen LogP contribution in [0.15, 0.2) is 54.6 Å². The molecular weight excluding hydrogens is 300 g/mol. The van der Waals surface area contributed by atoms with Crippen molar-refractivity contribution in [1.29, 1.82) is 0 Å². The Hall–Kier alpha value is -2.66. The normalized spacial score (nSPS) is 15.5. The van der Waals surface area contributed by atoms with E-state index in [4.69, 9.17) is 0 Å². The fourth-order valence-corrected chi connectivity index (χ4v) is 3.24. The van der Waals surface area contributed by atoms with Crippen LogP contribution in [0.1, 0.15) is 12.8 Å². The van der Waals surface area contributed by atoms with Gasteiger partial charge in [0.2, 0.25) is 11.9 Å². The molecule has 2 heterocycles. The fraction of sp³-hybridized carbons (Fsp3) is 0.263. The minimum atomic E-state index is 0.0512. The van der Waals surface area contributed by atoms with E-state index in [0.29, 0.717) is 5.95 Å². The van der Waals surface area contributed by atoms with E-state index >= 15 is 0 Å². The number of aromatic nitrogens is 2. The average molecular weight is 320 g/mol. The van der Waals surface area contributed by atoms with Crippen LogP contribution in [-0.4, -0.2) is 28.5 Å². The second kappa shape index (κ2) is 6.45. The highest BCUT2D eigenvalue weighted by Gasteiger charge is 2.23. The lowest BCUT2D eigenvalue weighted by molar-refractivity contribution is -0.120. The lowest BCUT2D eigenvalue weighted by atomic mass is 9.97. The third-order valence-electron chi connectivity index (χ3n) is 4.52. The highest BCUT2D eigenvalue weighted by Crippen LogP contribution is 2.25. The van der Waals surface area contributed by atoms with E-state index in [1.165, 1.54) is 0 Å². The number of rotatable bonds is 3. The number of nitrogens with zero attached hydrogens (tertiary/aromatic N) is 2. The SMILES string of the molecule is O=C(Nc1nc2ccccc2n1-c1ccccc1)C1CCNCC1. The van der Waals surface area contributed by atoms with Crippen LogP contribution in [0.3, 0.4) is 0 Å². The van der Waals surface area contributed by atoms with Gasteiger partial charge < -0.3 is 5.32 Å². The molecule has 1 aromatic heterocycles. The van der Waals surface area contributed by atoms with Crippen LogP contribution < -0.4 is 10.6 Å². The molecule has 2 N–H and O–H groups in total. The molecule has 1 amide bonds. The maximum absolute atomic E-state index is 12.6. The summed E-state index contributed by atoms with van der Waals surface area (Å²) < 4.78 is 2.01. The Morgan fingerprint density at radius 1 is 1.04 bits per heavy atom. The molecule has 1 fully saturated rings. The summed E-state index contributed by atoms with van der Waals surface area (Å²) in [5.74, 6) is 0.699. The van der Waals surface area contributed by atoms with E-state index in [2.05, 4.69) is 15.6 Å². The summed E-state index contributed by atoms with van der Waals surface area (Å²) in [6.07, 6.45) is 1.74. The molecule has 2 aromatic carbocycles. The Balaban J connectivity index is 1.73. The van der Waals surface area contributed by atoms with Gasteiger partial charge in [0.15, 0.2) is 0 Å². The molecule has 1 aliphatic heterocycles. The molecule has 0 spiro atoms. The third kappa shape index (κ3) is 2.78. The van der Waals surface area contributed by atoms with E-state index in [-0.39, 0.29) is 11.8 Å². The van der Waals surface area contributed by atoms with Gasteiger partial charge in [0.1, 0.15) is 0 Å². The number of para-hydroxylation sites is 3. The van der Waals surface area contributed by atoms with Crippen LogP contribution in [0, 0.1) is 5.92 Å². The van der Waals surface area contributed by atoms with Gasteiger partial charge in [-0.2, -0.15) is 0 Å². The molecule has 5 heteroatoms. The molecule has 3 aromatic rings. The Labute approximate surface area is 140 Å². The summed E-state index contributed by atoms with van der Waals surface area (Å²) in [7, 11) is 0. The van der Waals surface area contributed by atoms with Gasteiger partial charge in [0, 0.05) is 11.6 Å². The summed E-state index contributed by atoms with van der Waals surface area (Å²) in [6.45, 7) is 1.79. The molecule has 122 valence electrons. The van der Waals surface area contributed by atoms with Gasteiger partial charge in [-0.1, -0.05) is 30.3 Å². The number of piperidine rings is 1. The first-order chi connectivity index (χ1) is 11.8. The molecule has 5 nitrogen and oxygen atoms in total. The summed E-state index contributed by atoms with van der Waals surface area (Å²) in [4.78, 5) is 17.3. The van der Waals surface area contributed by atoms with Crippen LogP contribution in [-0.2, 0) is 4.79 Å². The minimum Gasteiger partial charge on any atom is -0.317 e. The molecule has 0 saturated carbocycles. The minimum absolute atomic E-state index is 0.0512. The van der Waals surface area contributed by atoms with Crippen LogP contribution in [0.2, 0.25) is 0 Å². The van der Waals surface area contributed by atoms with Gasteiger partial charge in [-0.3, -0.25) is 14.7 Å². The predicted octanol–water partition coefficient (Wildman–Crippen LogP) is 2.96. The molecule has 4 rings (SSSR count). The molecule has 1 saturated heterocycles. The summed E-state index contributed by atoms with van der Waals surface area (Å²) in [5, 5.41) is 6.34. The third-order valence-corrected chi connectivity index (χ3v) is 4.52. The molecule has 0 bridgehead atoms. The zero-order valence-electron chi connectivity index (χ0n) is 13.4. The number of imidazole rings is 1. The molecule has 24 heavy (non-hydrogen) atoms. The Bertz CT molecular complexity index is 850. The summed E-state index contributed by atoms with van der Waals surface area (Å²) >= 11 is 0. The van der Waals surface area contributed by atoms with Crippen molar-refractivity contribution < 1.29 is 4.79 Å². The van der Waals surface area contributed by atoms with Crippen molar-refractivity contribution in [1.82, 2.24) is 14.9 Å². The van der Waals surface area contributed by atoms with Crippen molar-refractivity contribution >= 4 is 22.9 Å². The average Bonchev–Trinajstić information content (AvgIpc) is 3.01. The predicted molar refractivity (Wildman–Crippen MR) is 95.3 cm³/mol. The molecule has 1 aliphatic rings. The van der Waals surface area contributed by atoms with Gasteiger partial charge in [0.25, 0.3) is 0 Å². The first-order valence-electron chi connectivity index (χ1n) is 8.37. The lowest BCUT2D eigenvalue weighted by Crippen LogP contribution is -2.35. The molecular formula is C19H20N4O. The maximum atomic E-state index is 12.6. The van der Waals surface area contributed by atoms with Crippen LogP contribution >= 0.6 is 0 Å². The van der Waals surface area contributed by atoms with Crippen LogP contribution in [0.5, 0.6) is 0 Å². The number of carbonyl (C=O) groups excluding carboxylic acids is 1. The summed E-state index contributed by atoms with van der Waals surface area (Å²) in [6, 6.07) is 17.9. The van der Waals surface area contributed by atoms with Crippen LogP contribution in [0.4, 0.5) is 5.95 Å². The Kier molecular flexibility index (Phi) is 4.01. The van der Waals surface area contributed by atoms with E-state index in [1.54, 1.807) is 0 Å². The van der Waals surface area contributed by atoms with Gasteiger partial charge in [0.05, 0.1) is 11.0 Å². The lowest BCUT2D eigenvalue weighted by Gasteiger charge is -2.21. The van der Waals surface area contributed by atoms with Crippen molar-refractivity contribution in [3.05, 3.63) is 54.6 Å². The van der Waals surface area contributed by atoms with Crippen molar-refractivity contribution in [2.45, 2.75) is 12.8 Å². The van der Waals surface area contributed by atoms with Gasteiger partial charge >= 0.3 is 0 Å². The number of hydrogen-bond donors (Lipinski definition) is 2. The Morgan fingerprint density at radius 3 is 2.54 bits per heavy atom. The fourth-order valence-electron chi connectivity index (χ4n) is 3.24. The van der Waals surface area contributed by atoms with Crippen molar-refractivity contribution in [2.24, 2.45) is 5.92 Å². The first kappa shape index (κ1) is 14.9. The van der Waals surface area contributed by atoms with Gasteiger partial charge in [-0.15, -0.1) is 0 Å². The highest BCUT2D eigenvalue weighted by molar-refractivity contribution is 5.94. The molecule has 0 radical (unpaired) electrons. The molecule has 0 aliphatic carbocycles. The van der Waals surface area contributed by atoms with Gasteiger partial charge in [-0.25, -0.2) is 4.98 Å². The van der Waals surface area contributed by atoms with Gasteiger partial charge in [-0.05, 0) is 50.2 Å². The quantitative estimate of drug-likeness (QED) is 0.780. The Morgan fingerprint density at radius 2 is 1.75 bits per heavy atom. The standard InChI is InChI=1S/C19H20N4O/c24-18(14-10-12-20-13-11-14)22-19-21-16-8-4-5-9-17(16)23(19)15-6-2-1-3-7-15/h1-9,14,20H,10-13H2,(H,21,22,24).